The van der Waals surface area contributed by atoms with Gasteiger partial charge in [-0.1, -0.05) is 30.3 Å². The summed E-state index contributed by atoms with van der Waals surface area (Å²) in [6.07, 6.45) is -1.48. The van der Waals surface area contributed by atoms with Gasteiger partial charge in [-0.25, -0.2) is 8.78 Å². The van der Waals surface area contributed by atoms with Crippen LogP contribution in [0.5, 0.6) is 0 Å². The number of anilines is 1. The van der Waals surface area contributed by atoms with Gasteiger partial charge in [-0.2, -0.15) is 0 Å². The fourth-order valence-electron chi connectivity index (χ4n) is 2.12. The van der Waals surface area contributed by atoms with Gasteiger partial charge < -0.3 is 10.1 Å². The number of Topliss-reactive ketones (excluding diaryl/α,β-unsaturated/α-hetero) is 1. The number of halogens is 2. The smallest absolute Gasteiger partial charge is 0.307 e. The lowest BCUT2D eigenvalue weighted by Gasteiger charge is -2.14. The van der Waals surface area contributed by atoms with Crippen LogP contribution in [-0.2, 0) is 14.3 Å². The Morgan fingerprint density at radius 2 is 1.73 bits per heavy atom. The van der Waals surface area contributed by atoms with Crippen molar-refractivity contribution in [3.8, 4) is 0 Å². The Balaban J connectivity index is 1.83. The highest BCUT2D eigenvalue weighted by atomic mass is 19.1. The average molecular weight is 361 g/mol. The zero-order valence-electron chi connectivity index (χ0n) is 14.0. The van der Waals surface area contributed by atoms with E-state index in [-0.39, 0.29) is 24.3 Å². The Kier molecular flexibility index (Phi) is 6.54. The molecular formula is C19H17F2NO4. The molecule has 0 heterocycles. The molecule has 2 rings (SSSR count). The van der Waals surface area contributed by atoms with Crippen LogP contribution in [0.3, 0.4) is 0 Å². The van der Waals surface area contributed by atoms with Gasteiger partial charge in [-0.3, -0.25) is 14.4 Å². The van der Waals surface area contributed by atoms with Crippen molar-refractivity contribution < 1.29 is 27.9 Å². The molecule has 1 amide bonds. The van der Waals surface area contributed by atoms with E-state index in [0.29, 0.717) is 5.56 Å². The third-order valence-corrected chi connectivity index (χ3v) is 3.52. The highest BCUT2D eigenvalue weighted by Gasteiger charge is 2.20. The topological polar surface area (TPSA) is 72.5 Å². The van der Waals surface area contributed by atoms with Crippen molar-refractivity contribution >= 4 is 23.3 Å². The summed E-state index contributed by atoms with van der Waals surface area (Å²) in [6.45, 7) is 1.30. The van der Waals surface area contributed by atoms with Gasteiger partial charge in [-0.05, 0) is 19.1 Å². The molecule has 0 aliphatic rings. The molecule has 0 unspecified atom stereocenters. The monoisotopic (exact) mass is 361 g/mol. The molecule has 0 spiro atoms. The number of hydrogen-bond donors (Lipinski definition) is 1. The molecule has 0 saturated heterocycles. The maximum atomic E-state index is 13.5. The lowest BCUT2D eigenvalue weighted by molar-refractivity contribution is -0.153. The molecule has 0 bridgehead atoms. The maximum Gasteiger partial charge on any atom is 0.307 e. The van der Waals surface area contributed by atoms with E-state index in [1.165, 1.54) is 6.92 Å². The molecule has 0 saturated carbocycles. The van der Waals surface area contributed by atoms with E-state index < -0.39 is 29.6 Å². The third kappa shape index (κ3) is 5.47. The molecule has 1 N–H and O–H groups in total. The molecule has 0 aromatic heterocycles. The van der Waals surface area contributed by atoms with Gasteiger partial charge in [-0.15, -0.1) is 0 Å². The molecule has 7 heteroatoms. The van der Waals surface area contributed by atoms with Crippen LogP contribution in [0.2, 0.25) is 0 Å². The van der Waals surface area contributed by atoms with Crippen molar-refractivity contribution in [1.82, 2.24) is 0 Å². The van der Waals surface area contributed by atoms with Gasteiger partial charge in [0.2, 0.25) is 0 Å². The molecule has 0 radical (unpaired) electrons. The van der Waals surface area contributed by atoms with Crippen molar-refractivity contribution in [3.63, 3.8) is 0 Å². The number of carbonyl (C=O) groups is 3. The van der Waals surface area contributed by atoms with Gasteiger partial charge in [0.15, 0.2) is 11.9 Å². The zero-order valence-corrected chi connectivity index (χ0v) is 14.0. The van der Waals surface area contributed by atoms with Crippen LogP contribution in [0, 0.1) is 11.6 Å². The number of hydrogen-bond acceptors (Lipinski definition) is 4. The largest absolute Gasteiger partial charge is 0.453 e. The number of nitrogens with one attached hydrogen (secondary N) is 1. The Hall–Kier alpha value is -3.09. The van der Waals surface area contributed by atoms with Gasteiger partial charge >= 0.3 is 5.97 Å². The number of amides is 1. The Morgan fingerprint density at radius 3 is 2.42 bits per heavy atom. The molecule has 2 aromatic rings. The lowest BCUT2D eigenvalue weighted by atomic mass is 10.1. The van der Waals surface area contributed by atoms with E-state index in [0.717, 1.165) is 18.2 Å². The fourth-order valence-corrected chi connectivity index (χ4v) is 2.12. The number of ether oxygens (including phenoxy) is 1. The fraction of sp³-hybridized carbons (Fsp3) is 0.211. The van der Waals surface area contributed by atoms with E-state index in [4.69, 9.17) is 4.74 Å². The minimum atomic E-state index is -1.23. The minimum Gasteiger partial charge on any atom is -0.453 e. The first-order valence-electron chi connectivity index (χ1n) is 7.90. The number of rotatable bonds is 7. The number of benzene rings is 2. The molecule has 0 aliphatic heterocycles. The first-order chi connectivity index (χ1) is 12.4. The second kappa shape index (κ2) is 8.84. The van der Waals surface area contributed by atoms with Crippen LogP contribution in [0.25, 0.3) is 0 Å². The second-order valence-electron chi connectivity index (χ2n) is 5.53. The Morgan fingerprint density at radius 1 is 1.04 bits per heavy atom. The summed E-state index contributed by atoms with van der Waals surface area (Å²) in [7, 11) is 0. The summed E-state index contributed by atoms with van der Waals surface area (Å²) >= 11 is 0. The summed E-state index contributed by atoms with van der Waals surface area (Å²) < 4.78 is 31.5. The van der Waals surface area contributed by atoms with Crippen LogP contribution in [0.1, 0.15) is 30.1 Å². The normalized spacial score (nSPS) is 11.5. The molecule has 26 heavy (non-hydrogen) atoms. The Bertz CT molecular complexity index is 808. The van der Waals surface area contributed by atoms with E-state index in [1.54, 1.807) is 30.3 Å². The van der Waals surface area contributed by atoms with Crippen LogP contribution < -0.4 is 5.32 Å². The van der Waals surface area contributed by atoms with Crippen molar-refractivity contribution in [1.29, 1.82) is 0 Å². The highest BCUT2D eigenvalue weighted by Crippen LogP contribution is 2.16. The Labute approximate surface area is 149 Å². The van der Waals surface area contributed by atoms with Crippen LogP contribution >= 0.6 is 0 Å². The summed E-state index contributed by atoms with van der Waals surface area (Å²) in [6, 6.07) is 11.1. The molecule has 5 nitrogen and oxygen atoms in total. The summed E-state index contributed by atoms with van der Waals surface area (Å²) in [5.74, 6) is -3.30. The van der Waals surface area contributed by atoms with E-state index in [9.17, 15) is 23.2 Å². The predicted octanol–water partition coefficient (Wildman–Crippen LogP) is 3.50. The molecule has 1 atom stereocenters. The van der Waals surface area contributed by atoms with Crippen molar-refractivity contribution in [3.05, 3.63) is 65.7 Å². The first-order valence-corrected chi connectivity index (χ1v) is 7.90. The van der Waals surface area contributed by atoms with Crippen molar-refractivity contribution in [2.24, 2.45) is 0 Å². The van der Waals surface area contributed by atoms with Gasteiger partial charge in [0.1, 0.15) is 11.6 Å². The highest BCUT2D eigenvalue weighted by molar-refractivity contribution is 5.98. The van der Waals surface area contributed by atoms with Gasteiger partial charge in [0.25, 0.3) is 5.91 Å². The number of carbonyl (C=O) groups excluding carboxylic acids is 3. The van der Waals surface area contributed by atoms with Crippen molar-refractivity contribution in [2.75, 3.05) is 5.32 Å². The first kappa shape index (κ1) is 19.2. The summed E-state index contributed by atoms with van der Waals surface area (Å²) in [5.41, 5.74) is 0.129. The standard InChI is InChI=1S/C19H17F2NO4/c1-12(19(25)22-16-11-14(20)7-8-15(16)21)26-18(24)10-9-17(23)13-5-3-2-4-6-13/h2-8,11-12H,9-10H2,1H3,(H,22,25)/t12-/m1/s1. The van der Waals surface area contributed by atoms with Crippen LogP contribution in [0.4, 0.5) is 14.5 Å². The molecule has 136 valence electrons. The zero-order chi connectivity index (χ0) is 19.1. The predicted molar refractivity (Wildman–Crippen MR) is 90.5 cm³/mol. The quantitative estimate of drug-likeness (QED) is 0.605. The molecule has 2 aromatic carbocycles. The van der Waals surface area contributed by atoms with E-state index >= 15 is 0 Å². The van der Waals surface area contributed by atoms with Crippen LogP contribution in [-0.4, -0.2) is 23.8 Å². The summed E-state index contributed by atoms with van der Waals surface area (Å²) in [5, 5.41) is 2.15. The number of ketones is 1. The number of esters is 1. The lowest BCUT2D eigenvalue weighted by Crippen LogP contribution is -2.30. The SMILES string of the molecule is C[C@@H](OC(=O)CCC(=O)c1ccccc1)C(=O)Nc1cc(F)ccc1F. The van der Waals surface area contributed by atoms with E-state index in [2.05, 4.69) is 5.32 Å². The minimum absolute atomic E-state index is 0.0598. The van der Waals surface area contributed by atoms with Crippen LogP contribution in [0.15, 0.2) is 48.5 Å². The maximum absolute atomic E-state index is 13.5. The second-order valence-corrected chi connectivity index (χ2v) is 5.53. The molecule has 0 aliphatic carbocycles. The molecule has 0 fully saturated rings. The average Bonchev–Trinajstić information content (AvgIpc) is 2.63. The van der Waals surface area contributed by atoms with Gasteiger partial charge in [0.05, 0.1) is 12.1 Å². The van der Waals surface area contributed by atoms with Crippen molar-refractivity contribution in [2.45, 2.75) is 25.9 Å². The molecular weight excluding hydrogens is 344 g/mol. The summed E-state index contributed by atoms with van der Waals surface area (Å²) in [4.78, 5) is 35.6. The third-order valence-electron chi connectivity index (χ3n) is 3.52. The van der Waals surface area contributed by atoms with E-state index in [1.807, 2.05) is 0 Å². The van der Waals surface area contributed by atoms with Gasteiger partial charge in [0, 0.05) is 18.1 Å².